The number of H-pyrrole nitrogens is 1. The Labute approximate surface area is 96.8 Å². The molecule has 2 atom stereocenters. The highest BCUT2D eigenvalue weighted by Gasteiger charge is 2.26. The summed E-state index contributed by atoms with van der Waals surface area (Å²) >= 11 is 0. The van der Waals surface area contributed by atoms with Gasteiger partial charge in [-0.15, -0.1) is 0 Å². The van der Waals surface area contributed by atoms with Crippen molar-refractivity contribution in [2.24, 2.45) is 5.73 Å². The Bertz CT molecular complexity index is 507. The number of ether oxygens (including phenoxy) is 1. The Hall–Kier alpha value is -1.44. The largest absolute Gasteiger partial charge is 0.394 e. The van der Waals surface area contributed by atoms with Gasteiger partial charge in [0.15, 0.2) is 0 Å². The van der Waals surface area contributed by atoms with E-state index in [9.17, 15) is 9.59 Å². The minimum absolute atomic E-state index is 0.0613. The van der Waals surface area contributed by atoms with Crippen LogP contribution in [-0.2, 0) is 11.3 Å². The van der Waals surface area contributed by atoms with Crippen LogP contribution in [0, 0.1) is 0 Å². The van der Waals surface area contributed by atoms with Gasteiger partial charge in [-0.05, 0) is 12.8 Å². The average molecular weight is 241 g/mol. The molecule has 17 heavy (non-hydrogen) atoms. The molecule has 0 saturated carbocycles. The summed E-state index contributed by atoms with van der Waals surface area (Å²) in [5.74, 6) is 0. The maximum Gasteiger partial charge on any atom is 0.330 e. The van der Waals surface area contributed by atoms with Gasteiger partial charge < -0.3 is 15.6 Å². The van der Waals surface area contributed by atoms with Gasteiger partial charge in [0.1, 0.15) is 6.23 Å². The van der Waals surface area contributed by atoms with E-state index < -0.39 is 17.5 Å². The lowest BCUT2D eigenvalue weighted by molar-refractivity contribution is -0.0247. The number of rotatable bonds is 3. The van der Waals surface area contributed by atoms with Crippen LogP contribution >= 0.6 is 0 Å². The summed E-state index contributed by atoms with van der Waals surface area (Å²) in [5, 5.41) is 8.95. The minimum atomic E-state index is -0.518. The van der Waals surface area contributed by atoms with Crippen molar-refractivity contribution in [1.29, 1.82) is 0 Å². The first-order chi connectivity index (χ1) is 8.15. The van der Waals surface area contributed by atoms with Crippen LogP contribution in [0.1, 0.15) is 24.6 Å². The summed E-state index contributed by atoms with van der Waals surface area (Å²) in [4.78, 5) is 25.1. The second-order valence-electron chi connectivity index (χ2n) is 4.00. The molecule has 94 valence electrons. The second kappa shape index (κ2) is 4.82. The van der Waals surface area contributed by atoms with Gasteiger partial charge in [-0.2, -0.15) is 0 Å². The number of hydrogen-bond acceptors (Lipinski definition) is 5. The summed E-state index contributed by atoms with van der Waals surface area (Å²) in [7, 11) is 0. The summed E-state index contributed by atoms with van der Waals surface area (Å²) in [6.07, 6.45) is 2.04. The number of aliphatic hydroxyl groups is 1. The van der Waals surface area contributed by atoms with Crippen LogP contribution in [0.2, 0.25) is 0 Å². The van der Waals surface area contributed by atoms with E-state index in [0.29, 0.717) is 18.4 Å². The quantitative estimate of drug-likeness (QED) is 0.607. The van der Waals surface area contributed by atoms with Gasteiger partial charge in [-0.1, -0.05) is 0 Å². The van der Waals surface area contributed by atoms with Crippen molar-refractivity contribution in [2.75, 3.05) is 6.61 Å². The molecule has 2 unspecified atom stereocenters. The molecule has 4 N–H and O–H groups in total. The highest BCUT2D eigenvalue weighted by Crippen LogP contribution is 2.26. The lowest BCUT2D eigenvalue weighted by atomic mass is 10.2. The molecule has 1 aromatic heterocycles. The van der Waals surface area contributed by atoms with E-state index in [1.807, 2.05) is 0 Å². The van der Waals surface area contributed by atoms with Gasteiger partial charge >= 0.3 is 5.69 Å². The normalized spacial score (nSPS) is 24.1. The molecular weight excluding hydrogens is 226 g/mol. The zero-order valence-corrected chi connectivity index (χ0v) is 9.26. The molecule has 1 fully saturated rings. The minimum Gasteiger partial charge on any atom is -0.394 e. The standard InChI is InChI=1S/C10H15N3O4/c11-3-6-4-13(10(16)12-9(6)15)8-2-1-7(5-14)17-8/h4,7-8,14H,1-3,5,11H2,(H,12,15,16). The molecule has 1 aliphatic heterocycles. The van der Waals surface area contributed by atoms with E-state index in [4.69, 9.17) is 15.6 Å². The molecule has 0 spiro atoms. The molecule has 0 bridgehead atoms. The number of hydrogen-bond donors (Lipinski definition) is 3. The van der Waals surface area contributed by atoms with E-state index in [2.05, 4.69) is 4.98 Å². The predicted octanol–water partition coefficient (Wildman–Crippen LogP) is -1.33. The molecule has 0 aliphatic carbocycles. The van der Waals surface area contributed by atoms with Crippen LogP contribution in [0.15, 0.2) is 15.8 Å². The third-order valence-corrected chi connectivity index (χ3v) is 2.86. The van der Waals surface area contributed by atoms with Gasteiger partial charge in [0.2, 0.25) is 0 Å². The van der Waals surface area contributed by atoms with Gasteiger partial charge in [0.25, 0.3) is 5.56 Å². The lowest BCUT2D eigenvalue weighted by Crippen LogP contribution is -2.35. The molecule has 0 radical (unpaired) electrons. The third-order valence-electron chi connectivity index (χ3n) is 2.86. The Kier molecular flexibility index (Phi) is 3.41. The fraction of sp³-hybridized carbons (Fsp3) is 0.600. The fourth-order valence-electron chi connectivity index (χ4n) is 1.91. The first-order valence-electron chi connectivity index (χ1n) is 5.46. The number of nitrogens with two attached hydrogens (primary N) is 1. The zero-order chi connectivity index (χ0) is 12.4. The van der Waals surface area contributed by atoms with E-state index in [-0.39, 0.29) is 19.3 Å². The Morgan fingerprint density at radius 2 is 2.29 bits per heavy atom. The number of aromatic amines is 1. The van der Waals surface area contributed by atoms with Crippen molar-refractivity contribution < 1.29 is 9.84 Å². The summed E-state index contributed by atoms with van der Waals surface area (Å²) in [5.41, 5.74) is 4.75. The van der Waals surface area contributed by atoms with Gasteiger partial charge in [0, 0.05) is 18.3 Å². The van der Waals surface area contributed by atoms with Crippen molar-refractivity contribution in [3.8, 4) is 0 Å². The topological polar surface area (TPSA) is 110 Å². The van der Waals surface area contributed by atoms with Crippen LogP contribution in [0.25, 0.3) is 0 Å². The van der Waals surface area contributed by atoms with Crippen molar-refractivity contribution in [3.63, 3.8) is 0 Å². The van der Waals surface area contributed by atoms with Crippen LogP contribution in [0.3, 0.4) is 0 Å². The fourth-order valence-corrected chi connectivity index (χ4v) is 1.91. The number of aromatic nitrogens is 2. The van der Waals surface area contributed by atoms with Crippen molar-refractivity contribution in [3.05, 3.63) is 32.6 Å². The van der Waals surface area contributed by atoms with Crippen LogP contribution in [-0.4, -0.2) is 27.4 Å². The summed E-state index contributed by atoms with van der Waals surface area (Å²) in [6.45, 7) is -0.00981. The highest BCUT2D eigenvalue weighted by molar-refractivity contribution is 5.04. The lowest BCUT2D eigenvalue weighted by Gasteiger charge is -2.15. The van der Waals surface area contributed by atoms with Gasteiger partial charge in [-0.25, -0.2) is 4.79 Å². The molecule has 7 heteroatoms. The molecule has 2 rings (SSSR count). The molecular formula is C10H15N3O4. The molecule has 1 saturated heterocycles. The average Bonchev–Trinajstić information content (AvgIpc) is 2.78. The molecule has 2 heterocycles. The zero-order valence-electron chi connectivity index (χ0n) is 9.26. The maximum atomic E-state index is 11.6. The molecule has 0 aromatic carbocycles. The van der Waals surface area contributed by atoms with Crippen molar-refractivity contribution in [1.82, 2.24) is 9.55 Å². The Morgan fingerprint density at radius 3 is 2.88 bits per heavy atom. The van der Waals surface area contributed by atoms with E-state index in [1.165, 1.54) is 10.8 Å². The number of nitrogens with zero attached hydrogens (tertiary/aromatic N) is 1. The van der Waals surface area contributed by atoms with E-state index in [1.54, 1.807) is 0 Å². The molecule has 1 aromatic rings. The van der Waals surface area contributed by atoms with Crippen LogP contribution in [0.4, 0.5) is 0 Å². The summed E-state index contributed by atoms with van der Waals surface area (Å²) < 4.78 is 6.79. The van der Waals surface area contributed by atoms with Crippen LogP contribution in [0.5, 0.6) is 0 Å². The van der Waals surface area contributed by atoms with Crippen molar-refractivity contribution >= 4 is 0 Å². The Morgan fingerprint density at radius 1 is 1.53 bits per heavy atom. The summed E-state index contributed by atoms with van der Waals surface area (Å²) in [6, 6.07) is 0. The molecule has 1 aliphatic rings. The van der Waals surface area contributed by atoms with Gasteiger partial charge in [-0.3, -0.25) is 14.3 Å². The van der Waals surface area contributed by atoms with Crippen LogP contribution < -0.4 is 17.0 Å². The monoisotopic (exact) mass is 241 g/mol. The molecule has 0 amide bonds. The van der Waals surface area contributed by atoms with E-state index >= 15 is 0 Å². The first-order valence-corrected chi connectivity index (χ1v) is 5.46. The maximum absolute atomic E-state index is 11.6. The number of nitrogens with one attached hydrogen (secondary N) is 1. The smallest absolute Gasteiger partial charge is 0.330 e. The molecule has 7 nitrogen and oxygen atoms in total. The van der Waals surface area contributed by atoms with E-state index in [0.717, 1.165) is 0 Å². The first kappa shape index (κ1) is 12.0. The Balaban J connectivity index is 2.33. The second-order valence-corrected chi connectivity index (χ2v) is 4.00. The number of aliphatic hydroxyl groups excluding tert-OH is 1. The third kappa shape index (κ3) is 2.31. The SMILES string of the molecule is NCc1cn(C2CCC(CO)O2)c(=O)[nH]c1=O. The predicted molar refractivity (Wildman–Crippen MR) is 59.4 cm³/mol. The van der Waals surface area contributed by atoms with Crippen molar-refractivity contribution in [2.45, 2.75) is 31.7 Å². The van der Waals surface area contributed by atoms with Gasteiger partial charge in [0.05, 0.1) is 12.7 Å². The highest BCUT2D eigenvalue weighted by atomic mass is 16.5.